The van der Waals surface area contributed by atoms with Crippen LogP contribution in [-0.4, -0.2) is 24.5 Å². The predicted octanol–water partition coefficient (Wildman–Crippen LogP) is 2.11. The third kappa shape index (κ3) is 3.17. The molecule has 0 aliphatic carbocycles. The predicted molar refractivity (Wildman–Crippen MR) is 82.3 cm³/mol. The van der Waals surface area contributed by atoms with E-state index in [-0.39, 0.29) is 16.4 Å². The van der Waals surface area contributed by atoms with E-state index in [4.69, 9.17) is 10.9 Å². The lowest BCUT2D eigenvalue weighted by Gasteiger charge is -2.24. The van der Waals surface area contributed by atoms with Gasteiger partial charge in [-0.3, -0.25) is 10.1 Å². The summed E-state index contributed by atoms with van der Waals surface area (Å²) < 4.78 is 31.4. The number of anilines is 1. The zero-order valence-corrected chi connectivity index (χ0v) is 13.1. The Labute approximate surface area is 132 Å². The van der Waals surface area contributed by atoms with Crippen LogP contribution < -0.4 is 4.31 Å². The van der Waals surface area contributed by atoms with Gasteiger partial charge in [0, 0.05) is 18.2 Å². The van der Waals surface area contributed by atoms with E-state index >= 15 is 0 Å². The van der Waals surface area contributed by atoms with Gasteiger partial charge in [0.15, 0.2) is 5.82 Å². The molecule has 0 aliphatic heterocycles. The molecule has 1 aromatic carbocycles. The lowest BCUT2D eigenvalue weighted by molar-refractivity contribution is -0.384. The third-order valence-corrected chi connectivity index (χ3v) is 4.93. The monoisotopic (exact) mass is 335 g/mol. The van der Waals surface area contributed by atoms with Crippen molar-refractivity contribution in [2.24, 2.45) is 0 Å². The molecule has 0 saturated heterocycles. The highest BCUT2D eigenvalue weighted by Crippen LogP contribution is 2.26. The van der Waals surface area contributed by atoms with Crippen molar-refractivity contribution >= 4 is 21.5 Å². The number of nitro benzene ring substituents is 1. The zero-order chi connectivity index (χ0) is 17.2. The summed E-state index contributed by atoms with van der Waals surface area (Å²) in [7, 11) is -4.05. The highest BCUT2D eigenvalue weighted by atomic mass is 32.2. The van der Waals surface area contributed by atoms with Gasteiger partial charge in [-0.1, -0.05) is 11.1 Å². The van der Waals surface area contributed by atoms with Crippen molar-refractivity contribution in [3.05, 3.63) is 46.2 Å². The van der Waals surface area contributed by atoms with E-state index < -0.39 is 21.0 Å². The summed E-state index contributed by atoms with van der Waals surface area (Å²) in [6.45, 7) is 3.14. The van der Waals surface area contributed by atoms with Crippen molar-refractivity contribution in [1.82, 2.24) is 5.16 Å². The number of hydrogen-bond donors (Lipinski definition) is 0. The zero-order valence-electron chi connectivity index (χ0n) is 12.3. The maximum atomic E-state index is 12.8. The number of terminal acetylenes is 1. The number of benzene rings is 1. The molecule has 0 aliphatic rings. The van der Waals surface area contributed by atoms with E-state index in [1.54, 1.807) is 6.92 Å². The molecule has 2 rings (SSSR count). The average Bonchev–Trinajstić information content (AvgIpc) is 2.93. The summed E-state index contributed by atoms with van der Waals surface area (Å²) in [6.07, 6.45) is 5.35. The van der Waals surface area contributed by atoms with Gasteiger partial charge >= 0.3 is 0 Å². The van der Waals surface area contributed by atoms with Crippen molar-refractivity contribution in [2.75, 3.05) is 4.31 Å². The second-order valence-corrected chi connectivity index (χ2v) is 6.51. The highest BCUT2D eigenvalue weighted by Gasteiger charge is 2.31. The van der Waals surface area contributed by atoms with Crippen LogP contribution in [0.2, 0.25) is 0 Å². The van der Waals surface area contributed by atoms with Crippen molar-refractivity contribution in [2.45, 2.75) is 24.8 Å². The normalized spacial score (nSPS) is 12.4. The second-order valence-electron chi connectivity index (χ2n) is 4.69. The average molecular weight is 335 g/mol. The summed E-state index contributed by atoms with van der Waals surface area (Å²) in [5, 5.41) is 14.4. The third-order valence-electron chi connectivity index (χ3n) is 3.04. The first-order valence-electron chi connectivity index (χ1n) is 6.45. The van der Waals surface area contributed by atoms with Gasteiger partial charge in [-0.05, 0) is 26.0 Å². The fourth-order valence-electron chi connectivity index (χ4n) is 1.91. The molecule has 1 heterocycles. The topological polar surface area (TPSA) is 107 Å². The van der Waals surface area contributed by atoms with Crippen molar-refractivity contribution in [3.8, 4) is 12.3 Å². The molecular formula is C14H13N3O5S. The van der Waals surface area contributed by atoms with Crippen molar-refractivity contribution < 1.29 is 17.9 Å². The molecule has 0 unspecified atom stereocenters. The van der Waals surface area contributed by atoms with Crippen LogP contribution in [0.3, 0.4) is 0 Å². The van der Waals surface area contributed by atoms with Gasteiger partial charge in [-0.25, -0.2) is 12.7 Å². The maximum Gasteiger partial charge on any atom is 0.269 e. The molecule has 23 heavy (non-hydrogen) atoms. The number of nitrogens with zero attached hydrogens (tertiary/aromatic N) is 3. The standard InChI is InChI=1S/C14H13N3O5S/c1-4-10(2)16(14-9-11(3)22-15-14)23(20,21)13-7-5-12(6-8-13)17(18)19/h1,5-10H,2-3H3/t10-/m0/s1. The van der Waals surface area contributed by atoms with Crippen LogP contribution in [0.25, 0.3) is 0 Å². The van der Waals surface area contributed by atoms with Crippen LogP contribution in [0, 0.1) is 29.4 Å². The van der Waals surface area contributed by atoms with Gasteiger partial charge in [0.05, 0.1) is 9.82 Å². The molecule has 0 N–H and O–H groups in total. The number of hydrogen-bond acceptors (Lipinski definition) is 6. The van der Waals surface area contributed by atoms with Gasteiger partial charge in [-0.2, -0.15) is 0 Å². The Balaban J connectivity index is 2.52. The Morgan fingerprint density at radius 3 is 2.43 bits per heavy atom. The minimum Gasteiger partial charge on any atom is -0.360 e. The largest absolute Gasteiger partial charge is 0.360 e. The SMILES string of the molecule is C#C[C@H](C)N(c1cc(C)on1)S(=O)(=O)c1ccc([N+](=O)[O-])cc1. The molecule has 0 spiro atoms. The van der Waals surface area contributed by atoms with Gasteiger partial charge in [0.2, 0.25) is 0 Å². The first-order chi connectivity index (χ1) is 10.8. The number of rotatable bonds is 5. The smallest absolute Gasteiger partial charge is 0.269 e. The van der Waals surface area contributed by atoms with Gasteiger partial charge in [0.25, 0.3) is 15.7 Å². The Hall–Kier alpha value is -2.86. The molecule has 2 aromatic rings. The highest BCUT2D eigenvalue weighted by molar-refractivity contribution is 7.92. The van der Waals surface area contributed by atoms with Crippen LogP contribution in [0.15, 0.2) is 39.8 Å². The van der Waals surface area contributed by atoms with Crippen molar-refractivity contribution in [1.29, 1.82) is 0 Å². The molecule has 1 aromatic heterocycles. The lowest BCUT2D eigenvalue weighted by atomic mass is 10.3. The Kier molecular flexibility index (Phi) is 4.38. The molecule has 8 nitrogen and oxygen atoms in total. The molecule has 0 fully saturated rings. The summed E-state index contributed by atoms with van der Waals surface area (Å²) in [4.78, 5) is 9.93. The van der Waals surface area contributed by atoms with Crippen LogP contribution in [0.1, 0.15) is 12.7 Å². The fraction of sp³-hybridized carbons (Fsp3) is 0.214. The first kappa shape index (κ1) is 16.5. The summed E-state index contributed by atoms with van der Waals surface area (Å²) in [6, 6.07) is 5.14. The Morgan fingerprint density at radius 1 is 1.39 bits per heavy atom. The molecule has 9 heteroatoms. The van der Waals surface area contributed by atoms with E-state index in [0.717, 1.165) is 28.6 Å². The molecule has 0 radical (unpaired) electrons. The number of sulfonamides is 1. The number of aryl methyl sites for hydroxylation is 1. The minimum absolute atomic E-state index is 0.0475. The second kappa shape index (κ2) is 6.10. The van der Waals surface area contributed by atoms with E-state index in [1.165, 1.54) is 13.0 Å². The molecular weight excluding hydrogens is 322 g/mol. The fourth-order valence-corrected chi connectivity index (χ4v) is 3.42. The molecule has 1 atom stereocenters. The quantitative estimate of drug-likeness (QED) is 0.470. The molecule has 0 bridgehead atoms. The van der Waals surface area contributed by atoms with E-state index in [2.05, 4.69) is 11.1 Å². The molecule has 0 amide bonds. The number of aromatic nitrogens is 1. The van der Waals surface area contributed by atoms with Crippen LogP contribution in [-0.2, 0) is 10.0 Å². The summed E-state index contributed by atoms with van der Waals surface area (Å²) in [5.74, 6) is 2.81. The Bertz CT molecular complexity index is 865. The van der Waals surface area contributed by atoms with Crippen molar-refractivity contribution in [3.63, 3.8) is 0 Å². The van der Waals surface area contributed by atoms with Crippen LogP contribution >= 0.6 is 0 Å². The van der Waals surface area contributed by atoms with E-state index in [0.29, 0.717) is 5.76 Å². The first-order valence-corrected chi connectivity index (χ1v) is 7.89. The molecule has 120 valence electrons. The maximum absolute atomic E-state index is 12.8. The van der Waals surface area contributed by atoms with E-state index in [9.17, 15) is 18.5 Å². The van der Waals surface area contributed by atoms with Gasteiger partial charge in [0.1, 0.15) is 11.8 Å². The Morgan fingerprint density at radius 2 is 2.00 bits per heavy atom. The van der Waals surface area contributed by atoms with Gasteiger partial charge in [-0.15, -0.1) is 6.42 Å². The van der Waals surface area contributed by atoms with Crippen LogP contribution in [0.5, 0.6) is 0 Å². The number of non-ortho nitro benzene ring substituents is 1. The summed E-state index contributed by atoms with van der Waals surface area (Å²) in [5.41, 5.74) is -0.210. The lowest BCUT2D eigenvalue weighted by Crippen LogP contribution is -2.38. The van der Waals surface area contributed by atoms with Crippen LogP contribution in [0.4, 0.5) is 11.5 Å². The summed E-state index contributed by atoms with van der Waals surface area (Å²) >= 11 is 0. The minimum atomic E-state index is -4.05. The molecule has 0 saturated carbocycles. The number of nitro groups is 1. The van der Waals surface area contributed by atoms with Gasteiger partial charge < -0.3 is 4.52 Å². The van der Waals surface area contributed by atoms with E-state index in [1.807, 2.05) is 0 Å².